The Bertz CT molecular complexity index is 478. The predicted octanol–water partition coefficient (Wildman–Crippen LogP) is 2.34. The van der Waals surface area contributed by atoms with E-state index in [9.17, 15) is 9.59 Å². The minimum absolute atomic E-state index is 0.00881. The van der Waals surface area contributed by atoms with Gasteiger partial charge >= 0.3 is 6.03 Å². The fourth-order valence-electron chi connectivity index (χ4n) is 1.89. The minimum Gasteiger partial charge on any atom is -0.374 e. The van der Waals surface area contributed by atoms with Gasteiger partial charge in [-0.2, -0.15) is 0 Å². The molecule has 0 heterocycles. The summed E-state index contributed by atoms with van der Waals surface area (Å²) < 4.78 is 0. The Kier molecular flexibility index (Phi) is 5.55. The highest BCUT2D eigenvalue weighted by Gasteiger charge is 2.16. The van der Waals surface area contributed by atoms with E-state index in [4.69, 9.17) is 0 Å². The molecule has 0 aliphatic heterocycles. The van der Waals surface area contributed by atoms with Crippen molar-refractivity contribution in [3.8, 4) is 0 Å². The second-order valence-corrected chi connectivity index (χ2v) is 5.36. The number of nitrogens with one attached hydrogen (secondary N) is 3. The highest BCUT2D eigenvalue weighted by atomic mass is 16.2. The average Bonchev–Trinajstić information content (AvgIpc) is 2.25. The van der Waals surface area contributed by atoms with Gasteiger partial charge in [-0.25, -0.2) is 4.79 Å². The fraction of sp³-hybridized carbons (Fsp3) is 0.467. The molecule has 0 radical (unpaired) electrons. The third-order valence-electron chi connectivity index (χ3n) is 2.65. The number of carbonyl (C=O) groups excluding carboxylic acids is 2. The maximum Gasteiger partial charge on any atom is 0.321 e. The van der Waals surface area contributed by atoms with Gasteiger partial charge in [0.05, 0.1) is 0 Å². The van der Waals surface area contributed by atoms with Crippen molar-refractivity contribution >= 4 is 17.6 Å². The molecule has 110 valence electrons. The fourth-order valence-corrected chi connectivity index (χ4v) is 1.89. The van der Waals surface area contributed by atoms with Crippen molar-refractivity contribution in [3.63, 3.8) is 0 Å². The van der Waals surface area contributed by atoms with Gasteiger partial charge in [0, 0.05) is 11.7 Å². The first-order chi connectivity index (χ1) is 9.27. The number of amides is 3. The van der Waals surface area contributed by atoms with Crippen LogP contribution in [0.25, 0.3) is 0 Å². The van der Waals surface area contributed by atoms with Crippen molar-refractivity contribution in [1.29, 1.82) is 0 Å². The Hall–Kier alpha value is -2.04. The molecule has 0 saturated heterocycles. The summed E-state index contributed by atoms with van der Waals surface area (Å²) in [5.41, 5.74) is 3.12. The van der Waals surface area contributed by atoms with Gasteiger partial charge in [0.15, 0.2) is 0 Å². The topological polar surface area (TPSA) is 70.2 Å². The van der Waals surface area contributed by atoms with Crippen LogP contribution in [0.2, 0.25) is 0 Å². The maximum absolute atomic E-state index is 11.9. The van der Waals surface area contributed by atoms with Gasteiger partial charge in [-0.15, -0.1) is 0 Å². The third-order valence-corrected chi connectivity index (χ3v) is 2.65. The molecule has 3 amide bonds. The molecule has 0 fully saturated rings. The molecule has 5 nitrogen and oxygen atoms in total. The monoisotopic (exact) mass is 277 g/mol. The van der Waals surface area contributed by atoms with E-state index < -0.39 is 12.1 Å². The lowest BCUT2D eigenvalue weighted by molar-refractivity contribution is -0.120. The van der Waals surface area contributed by atoms with Gasteiger partial charge in [-0.1, -0.05) is 6.07 Å². The molecule has 1 atom stereocenters. The van der Waals surface area contributed by atoms with Crippen molar-refractivity contribution < 1.29 is 9.59 Å². The van der Waals surface area contributed by atoms with Crippen LogP contribution in [0, 0.1) is 13.8 Å². The van der Waals surface area contributed by atoms with E-state index in [0.29, 0.717) is 0 Å². The van der Waals surface area contributed by atoms with E-state index in [1.807, 2.05) is 39.8 Å². The standard InChI is InChI=1S/C15H23N3O2/c1-9(2)16-15(20)18-14(19)12(5)17-13-7-10(3)6-11(4)8-13/h6-9,12,17H,1-5H3,(H2,16,18,19,20)/t12-/m1/s1. The zero-order valence-electron chi connectivity index (χ0n) is 12.7. The normalized spacial score (nSPS) is 11.9. The first-order valence-corrected chi connectivity index (χ1v) is 6.74. The zero-order valence-corrected chi connectivity index (χ0v) is 12.7. The van der Waals surface area contributed by atoms with Crippen molar-refractivity contribution in [1.82, 2.24) is 10.6 Å². The molecule has 0 bridgehead atoms. The summed E-state index contributed by atoms with van der Waals surface area (Å²) in [6, 6.07) is 5.01. The van der Waals surface area contributed by atoms with E-state index in [-0.39, 0.29) is 11.9 Å². The van der Waals surface area contributed by atoms with E-state index in [1.54, 1.807) is 6.92 Å². The van der Waals surface area contributed by atoms with E-state index in [1.165, 1.54) is 0 Å². The molecule has 0 spiro atoms. The number of imide groups is 1. The highest BCUT2D eigenvalue weighted by Crippen LogP contribution is 2.14. The summed E-state index contributed by atoms with van der Waals surface area (Å²) in [7, 11) is 0. The lowest BCUT2D eigenvalue weighted by atomic mass is 10.1. The number of anilines is 1. The Balaban J connectivity index is 2.59. The largest absolute Gasteiger partial charge is 0.374 e. The molecule has 5 heteroatoms. The smallest absolute Gasteiger partial charge is 0.321 e. The van der Waals surface area contributed by atoms with Crippen molar-refractivity contribution in [2.24, 2.45) is 0 Å². The molecule has 0 aromatic heterocycles. The van der Waals surface area contributed by atoms with Gasteiger partial charge in [-0.05, 0) is 57.9 Å². The second kappa shape index (κ2) is 6.93. The van der Waals surface area contributed by atoms with Crippen LogP contribution in [0.1, 0.15) is 31.9 Å². The van der Waals surface area contributed by atoms with Crippen LogP contribution in [-0.4, -0.2) is 24.0 Å². The maximum atomic E-state index is 11.9. The number of hydrogen-bond acceptors (Lipinski definition) is 3. The van der Waals surface area contributed by atoms with Gasteiger partial charge in [0.1, 0.15) is 6.04 Å². The number of urea groups is 1. The molecule has 1 rings (SSSR count). The Morgan fingerprint density at radius 3 is 2.05 bits per heavy atom. The molecule has 3 N–H and O–H groups in total. The van der Waals surface area contributed by atoms with Gasteiger partial charge < -0.3 is 10.6 Å². The molecule has 0 unspecified atom stereocenters. The van der Waals surface area contributed by atoms with Crippen LogP contribution < -0.4 is 16.0 Å². The molecule has 1 aromatic rings. The first-order valence-electron chi connectivity index (χ1n) is 6.74. The average molecular weight is 277 g/mol. The number of hydrogen-bond donors (Lipinski definition) is 3. The third kappa shape index (κ3) is 5.30. The minimum atomic E-state index is -0.492. The van der Waals surface area contributed by atoms with Gasteiger partial charge in [0.25, 0.3) is 0 Å². The van der Waals surface area contributed by atoms with Crippen molar-refractivity contribution in [3.05, 3.63) is 29.3 Å². The predicted molar refractivity (Wildman–Crippen MR) is 80.8 cm³/mol. The number of carbonyl (C=O) groups is 2. The van der Waals surface area contributed by atoms with E-state index in [2.05, 4.69) is 22.0 Å². The Morgan fingerprint density at radius 2 is 1.55 bits per heavy atom. The molecular formula is C15H23N3O2. The first kappa shape index (κ1) is 16.0. The summed E-state index contributed by atoms with van der Waals surface area (Å²) in [5.74, 6) is -0.359. The molecule has 0 saturated carbocycles. The molecular weight excluding hydrogens is 254 g/mol. The van der Waals surface area contributed by atoms with Crippen molar-refractivity contribution in [2.45, 2.75) is 46.7 Å². The molecule has 0 aliphatic carbocycles. The summed E-state index contributed by atoms with van der Waals surface area (Å²) in [4.78, 5) is 23.3. The van der Waals surface area contributed by atoms with Gasteiger partial charge in [-0.3, -0.25) is 10.1 Å². The Morgan fingerprint density at radius 1 is 1.00 bits per heavy atom. The number of aryl methyl sites for hydroxylation is 2. The molecule has 0 aliphatic rings. The van der Waals surface area contributed by atoms with Crippen LogP contribution in [0.15, 0.2) is 18.2 Å². The van der Waals surface area contributed by atoms with Gasteiger partial charge in [0.2, 0.25) is 5.91 Å². The Labute approximate surface area is 120 Å². The molecule has 20 heavy (non-hydrogen) atoms. The van der Waals surface area contributed by atoms with Crippen LogP contribution in [0.4, 0.5) is 10.5 Å². The van der Waals surface area contributed by atoms with Crippen LogP contribution >= 0.6 is 0 Å². The molecule has 1 aromatic carbocycles. The van der Waals surface area contributed by atoms with Crippen molar-refractivity contribution in [2.75, 3.05) is 5.32 Å². The lowest BCUT2D eigenvalue weighted by Gasteiger charge is -2.16. The highest BCUT2D eigenvalue weighted by molar-refractivity contribution is 5.98. The van der Waals surface area contributed by atoms with Crippen LogP contribution in [0.3, 0.4) is 0 Å². The van der Waals surface area contributed by atoms with E-state index >= 15 is 0 Å². The summed E-state index contributed by atoms with van der Waals surface area (Å²) in [5, 5.41) is 8.01. The summed E-state index contributed by atoms with van der Waals surface area (Å²) in [6.07, 6.45) is 0. The SMILES string of the molecule is Cc1cc(C)cc(N[C@H](C)C(=O)NC(=O)NC(C)C)c1. The number of benzene rings is 1. The summed E-state index contributed by atoms with van der Waals surface area (Å²) >= 11 is 0. The zero-order chi connectivity index (χ0) is 15.3. The lowest BCUT2D eigenvalue weighted by Crippen LogP contribution is -2.47. The second-order valence-electron chi connectivity index (χ2n) is 5.36. The number of rotatable bonds is 4. The summed E-state index contributed by atoms with van der Waals surface area (Å²) in [6.45, 7) is 9.39. The van der Waals surface area contributed by atoms with E-state index in [0.717, 1.165) is 16.8 Å². The van der Waals surface area contributed by atoms with Crippen LogP contribution in [0.5, 0.6) is 0 Å². The quantitative estimate of drug-likeness (QED) is 0.791. The van der Waals surface area contributed by atoms with Crippen LogP contribution in [-0.2, 0) is 4.79 Å².